The molecule has 0 heterocycles. The Kier molecular flexibility index (Phi) is 6.73. The molecule has 1 rings (SSSR count). The number of carbonyl (C=O) groups is 2. The molecule has 0 saturated carbocycles. The lowest BCUT2D eigenvalue weighted by atomic mass is 10.0. The molecule has 0 spiro atoms. The molecule has 1 aromatic carbocycles. The fraction of sp³-hybridized carbons (Fsp3) is 0.467. The Morgan fingerprint density at radius 1 is 1.30 bits per heavy atom. The number of rotatable bonds is 7. The van der Waals surface area contributed by atoms with Crippen LogP contribution in [-0.2, 0) is 4.79 Å². The number of benzene rings is 1. The minimum Gasteiger partial charge on any atom is -0.351 e. The summed E-state index contributed by atoms with van der Waals surface area (Å²) in [6, 6.07) is 6.97. The molecule has 0 aliphatic heterocycles. The van der Waals surface area contributed by atoms with E-state index in [1.54, 1.807) is 24.3 Å². The highest BCUT2D eigenvalue weighted by Crippen LogP contribution is 2.16. The Morgan fingerprint density at radius 2 is 2.00 bits per heavy atom. The van der Waals surface area contributed by atoms with E-state index in [9.17, 15) is 9.59 Å². The molecule has 0 saturated heterocycles. The van der Waals surface area contributed by atoms with Crippen LogP contribution in [0.5, 0.6) is 0 Å². The molecule has 4 N–H and O–H groups in total. The third-order valence-electron chi connectivity index (χ3n) is 3.11. The number of hydrogen-bond acceptors (Lipinski definition) is 3. The zero-order valence-electron chi connectivity index (χ0n) is 12.1. The van der Waals surface area contributed by atoms with Gasteiger partial charge in [-0.1, -0.05) is 32.4 Å². The van der Waals surface area contributed by atoms with Gasteiger partial charge < -0.3 is 16.4 Å². The third kappa shape index (κ3) is 5.01. The van der Waals surface area contributed by atoms with E-state index >= 15 is 0 Å². The minimum absolute atomic E-state index is 0.0709. The Bertz CT molecular complexity index is 460. The average molecular weight is 277 g/mol. The van der Waals surface area contributed by atoms with E-state index < -0.39 is 0 Å². The second-order valence-corrected chi connectivity index (χ2v) is 4.86. The van der Waals surface area contributed by atoms with Crippen LogP contribution < -0.4 is 16.4 Å². The van der Waals surface area contributed by atoms with Crippen LogP contribution in [0.2, 0.25) is 0 Å². The lowest BCUT2D eigenvalue weighted by Gasteiger charge is -2.12. The van der Waals surface area contributed by atoms with E-state index in [1.165, 1.54) is 0 Å². The first-order valence-corrected chi connectivity index (χ1v) is 6.95. The van der Waals surface area contributed by atoms with Crippen LogP contribution >= 0.6 is 0 Å². The lowest BCUT2D eigenvalue weighted by Crippen LogP contribution is -2.30. The number of anilines is 1. The molecule has 110 valence electrons. The van der Waals surface area contributed by atoms with Crippen molar-refractivity contribution in [2.45, 2.75) is 26.7 Å². The predicted molar refractivity (Wildman–Crippen MR) is 80.5 cm³/mol. The highest BCUT2D eigenvalue weighted by Gasteiger charge is 2.13. The van der Waals surface area contributed by atoms with Gasteiger partial charge in [-0.25, -0.2) is 0 Å². The van der Waals surface area contributed by atoms with Gasteiger partial charge >= 0.3 is 0 Å². The summed E-state index contributed by atoms with van der Waals surface area (Å²) in [6.45, 7) is 4.87. The lowest BCUT2D eigenvalue weighted by molar-refractivity contribution is -0.117. The summed E-state index contributed by atoms with van der Waals surface area (Å²) in [4.78, 5) is 23.9. The molecule has 5 nitrogen and oxygen atoms in total. The van der Waals surface area contributed by atoms with Crippen molar-refractivity contribution in [3.05, 3.63) is 29.8 Å². The van der Waals surface area contributed by atoms with Crippen molar-refractivity contribution in [2.24, 2.45) is 11.7 Å². The van der Waals surface area contributed by atoms with E-state index in [4.69, 9.17) is 5.73 Å². The van der Waals surface area contributed by atoms with Gasteiger partial charge in [0.2, 0.25) is 5.91 Å². The van der Waals surface area contributed by atoms with Crippen LogP contribution in [-0.4, -0.2) is 24.9 Å². The van der Waals surface area contributed by atoms with Crippen molar-refractivity contribution in [2.75, 3.05) is 18.4 Å². The van der Waals surface area contributed by atoms with Gasteiger partial charge in [0.05, 0.1) is 11.3 Å². The van der Waals surface area contributed by atoms with E-state index in [2.05, 4.69) is 10.6 Å². The standard InChI is InChI=1S/C15H23N3O2/c1-3-11(2)10-14(19)18-13-7-5-4-6-12(13)15(20)17-9-8-16/h4-7,11H,3,8-10,16H2,1-2H3,(H,17,20)(H,18,19). The first-order chi connectivity index (χ1) is 9.58. The van der Waals surface area contributed by atoms with Gasteiger partial charge in [-0.3, -0.25) is 9.59 Å². The first-order valence-electron chi connectivity index (χ1n) is 6.95. The van der Waals surface area contributed by atoms with Crippen LogP contribution in [0.25, 0.3) is 0 Å². The largest absolute Gasteiger partial charge is 0.351 e. The van der Waals surface area contributed by atoms with Crippen LogP contribution in [0.4, 0.5) is 5.69 Å². The normalized spacial score (nSPS) is 11.8. The number of carbonyl (C=O) groups excluding carboxylic acids is 2. The highest BCUT2D eigenvalue weighted by molar-refractivity contribution is 6.03. The second-order valence-electron chi connectivity index (χ2n) is 4.86. The van der Waals surface area contributed by atoms with E-state index in [0.29, 0.717) is 36.7 Å². The Labute approximate surface area is 119 Å². The molecular weight excluding hydrogens is 254 g/mol. The molecule has 0 aliphatic carbocycles. The fourth-order valence-corrected chi connectivity index (χ4v) is 1.73. The summed E-state index contributed by atoms with van der Waals surface area (Å²) in [7, 11) is 0. The van der Waals surface area contributed by atoms with Gasteiger partial charge in [0.25, 0.3) is 5.91 Å². The van der Waals surface area contributed by atoms with E-state index in [-0.39, 0.29) is 11.8 Å². The summed E-state index contributed by atoms with van der Waals surface area (Å²) < 4.78 is 0. The molecular formula is C15H23N3O2. The number of hydrogen-bond donors (Lipinski definition) is 3. The highest BCUT2D eigenvalue weighted by atomic mass is 16.2. The maximum absolute atomic E-state index is 12.0. The summed E-state index contributed by atoms with van der Waals surface area (Å²) in [5.41, 5.74) is 6.35. The molecule has 0 aromatic heterocycles. The third-order valence-corrected chi connectivity index (χ3v) is 3.11. The van der Waals surface area contributed by atoms with Gasteiger partial charge in [-0.2, -0.15) is 0 Å². The molecule has 20 heavy (non-hydrogen) atoms. The molecule has 1 atom stereocenters. The van der Waals surface area contributed by atoms with Crippen molar-refractivity contribution in [3.63, 3.8) is 0 Å². The zero-order valence-corrected chi connectivity index (χ0v) is 12.1. The van der Waals surface area contributed by atoms with Crippen LogP contribution in [0.1, 0.15) is 37.0 Å². The molecule has 1 aromatic rings. The first kappa shape index (κ1) is 16.2. The Hall–Kier alpha value is -1.88. The van der Waals surface area contributed by atoms with Crippen molar-refractivity contribution in [1.29, 1.82) is 0 Å². The number of nitrogens with one attached hydrogen (secondary N) is 2. The molecule has 0 radical (unpaired) electrons. The maximum atomic E-state index is 12.0. The average Bonchev–Trinajstić information content (AvgIpc) is 2.45. The predicted octanol–water partition coefficient (Wildman–Crippen LogP) is 1.75. The second kappa shape index (κ2) is 8.32. The van der Waals surface area contributed by atoms with E-state index in [1.807, 2.05) is 13.8 Å². The van der Waals surface area contributed by atoms with Crippen LogP contribution in [0.3, 0.4) is 0 Å². The monoisotopic (exact) mass is 277 g/mol. The molecule has 0 bridgehead atoms. The van der Waals surface area contributed by atoms with Gasteiger partial charge in [-0.15, -0.1) is 0 Å². The molecule has 0 fully saturated rings. The fourth-order valence-electron chi connectivity index (χ4n) is 1.73. The number of nitrogens with two attached hydrogens (primary N) is 1. The van der Waals surface area contributed by atoms with Gasteiger partial charge in [0, 0.05) is 19.5 Å². The maximum Gasteiger partial charge on any atom is 0.253 e. The molecule has 0 aliphatic rings. The van der Waals surface area contributed by atoms with Gasteiger partial charge in [0.15, 0.2) is 0 Å². The van der Waals surface area contributed by atoms with Crippen LogP contribution in [0, 0.1) is 5.92 Å². The Balaban J connectivity index is 2.75. The smallest absolute Gasteiger partial charge is 0.253 e. The topological polar surface area (TPSA) is 84.2 Å². The Morgan fingerprint density at radius 3 is 2.65 bits per heavy atom. The van der Waals surface area contributed by atoms with E-state index in [0.717, 1.165) is 6.42 Å². The summed E-state index contributed by atoms with van der Waals surface area (Å²) >= 11 is 0. The number of para-hydroxylation sites is 1. The SMILES string of the molecule is CCC(C)CC(=O)Nc1ccccc1C(=O)NCCN. The van der Waals surface area contributed by atoms with Gasteiger partial charge in [0.1, 0.15) is 0 Å². The van der Waals surface area contributed by atoms with Crippen molar-refractivity contribution in [1.82, 2.24) is 5.32 Å². The molecule has 5 heteroatoms. The molecule has 2 amide bonds. The summed E-state index contributed by atoms with van der Waals surface area (Å²) in [5.74, 6) is 0.0292. The van der Waals surface area contributed by atoms with Crippen LogP contribution in [0.15, 0.2) is 24.3 Å². The van der Waals surface area contributed by atoms with Crippen molar-refractivity contribution < 1.29 is 9.59 Å². The summed E-state index contributed by atoms with van der Waals surface area (Å²) in [5, 5.41) is 5.50. The molecule has 1 unspecified atom stereocenters. The summed E-state index contributed by atoms with van der Waals surface area (Å²) in [6.07, 6.45) is 1.40. The zero-order chi connectivity index (χ0) is 15.0. The van der Waals surface area contributed by atoms with Crippen molar-refractivity contribution in [3.8, 4) is 0 Å². The minimum atomic E-state index is -0.227. The number of amides is 2. The van der Waals surface area contributed by atoms with Gasteiger partial charge in [-0.05, 0) is 18.1 Å². The quantitative estimate of drug-likeness (QED) is 0.710. The van der Waals surface area contributed by atoms with Crippen molar-refractivity contribution >= 4 is 17.5 Å².